The number of esters is 1. The number of rotatable bonds is 6. The molecule has 4 aliphatic carbocycles. The van der Waals surface area contributed by atoms with E-state index in [2.05, 4.69) is 20.8 Å². The summed E-state index contributed by atoms with van der Waals surface area (Å²) >= 11 is 0. The number of hydrogen-bond donors (Lipinski definition) is 2. The molecule has 34 heavy (non-hydrogen) atoms. The van der Waals surface area contributed by atoms with Gasteiger partial charge in [0.1, 0.15) is 12.5 Å². The Morgan fingerprint density at radius 3 is 2.65 bits per heavy atom. The maximum Gasteiger partial charge on any atom is 0.307 e. The van der Waals surface area contributed by atoms with Gasteiger partial charge < -0.3 is 14.9 Å². The van der Waals surface area contributed by atoms with Gasteiger partial charge in [-0.05, 0) is 43.1 Å². The number of Topliss-reactive ketones (excluding diaryl/α,β-unsaturated/α-hetero) is 1. The van der Waals surface area contributed by atoms with E-state index in [0.29, 0.717) is 24.8 Å². The second-order valence-electron chi connectivity index (χ2n) is 10.6. The highest BCUT2D eigenvalue weighted by atomic mass is 19.1. The number of unbranched alkanes of at least 4 members (excludes halogenated alkanes) is 1. The zero-order valence-electron chi connectivity index (χ0n) is 19.7. The van der Waals surface area contributed by atoms with Crippen LogP contribution in [0.5, 0.6) is 0 Å². The van der Waals surface area contributed by atoms with Gasteiger partial charge in [0.25, 0.3) is 5.60 Å². The summed E-state index contributed by atoms with van der Waals surface area (Å²) in [5, 5.41) is 21.2. The molecule has 3 fully saturated rings. The Morgan fingerprint density at radius 1 is 1.29 bits per heavy atom. The lowest BCUT2D eigenvalue weighted by Gasteiger charge is -2.57. The molecular weight excluding hydrogens is 439 g/mol. The molecule has 8 atom stereocenters. The number of aliphatic hydroxyl groups excluding tert-OH is 2. The number of carbonyl (C=O) groups excluding carboxylic acids is 3. The molecule has 0 aromatic heterocycles. The predicted octanol–water partition coefficient (Wildman–Crippen LogP) is 3.08. The molecule has 4 aliphatic rings. The van der Waals surface area contributed by atoms with E-state index in [1.54, 1.807) is 0 Å². The number of alkyl halides is 1. The number of ether oxygens (including phenoxy) is 1. The molecular formula is C27H34FO6+3. The Hall–Kier alpha value is -2.25. The van der Waals surface area contributed by atoms with Crippen molar-refractivity contribution in [2.75, 3.05) is 6.61 Å². The lowest BCUT2D eigenvalue weighted by molar-refractivity contribution is -0.218. The number of carbonyl (C=O) groups is 3. The van der Waals surface area contributed by atoms with Crippen molar-refractivity contribution >= 4 is 17.5 Å². The van der Waals surface area contributed by atoms with Crippen LogP contribution in [0, 0.1) is 49.4 Å². The van der Waals surface area contributed by atoms with Gasteiger partial charge in [0.15, 0.2) is 22.3 Å². The Bertz CT molecular complexity index is 957. The van der Waals surface area contributed by atoms with Gasteiger partial charge in [-0.25, -0.2) is 4.39 Å². The number of fused-ring (bicyclic) bond motifs is 5. The van der Waals surface area contributed by atoms with Gasteiger partial charge in [-0.3, -0.25) is 14.4 Å². The van der Waals surface area contributed by atoms with Crippen LogP contribution >= 0.6 is 0 Å². The summed E-state index contributed by atoms with van der Waals surface area (Å²) in [5.74, 6) is -3.63. The fraction of sp³-hybridized carbons (Fsp3) is 0.630. The van der Waals surface area contributed by atoms with Crippen molar-refractivity contribution in [1.29, 1.82) is 0 Å². The van der Waals surface area contributed by atoms with E-state index in [4.69, 9.17) is 4.74 Å². The molecule has 4 rings (SSSR count). The number of hydrogen-bond acceptors (Lipinski definition) is 6. The smallest absolute Gasteiger partial charge is 0.307 e. The SMILES string of the molecule is [CH2+]C1CC2C3CCC4=CC(=O)C=CC4([CH2+])C3(F)C(O)CC2([CH2+])C1(OC(=O)CCCC)C(=O)CO. The summed E-state index contributed by atoms with van der Waals surface area (Å²) in [6, 6.07) is 0. The molecule has 0 radical (unpaired) electrons. The quantitative estimate of drug-likeness (QED) is 0.454. The molecule has 0 heterocycles. The summed E-state index contributed by atoms with van der Waals surface area (Å²) in [7, 11) is 0. The lowest BCUT2D eigenvalue weighted by atomic mass is 9.44. The highest BCUT2D eigenvalue weighted by molar-refractivity contribution is 6.01. The highest BCUT2D eigenvalue weighted by Gasteiger charge is 2.83. The normalized spacial score (nSPS) is 45.1. The third-order valence-corrected chi connectivity index (χ3v) is 9.03. The van der Waals surface area contributed by atoms with Crippen molar-refractivity contribution in [2.45, 2.75) is 69.2 Å². The lowest BCUT2D eigenvalue weighted by Crippen LogP contribution is -2.70. The zero-order valence-corrected chi connectivity index (χ0v) is 19.7. The molecule has 0 aromatic carbocycles. The van der Waals surface area contributed by atoms with E-state index in [-0.39, 0.29) is 25.0 Å². The largest absolute Gasteiger partial charge is 0.441 e. The first-order chi connectivity index (χ1) is 15.9. The van der Waals surface area contributed by atoms with Crippen LogP contribution in [-0.4, -0.2) is 51.7 Å². The summed E-state index contributed by atoms with van der Waals surface area (Å²) in [5.41, 5.74) is -6.31. The molecule has 0 aromatic rings. The Balaban J connectivity index is 1.80. The molecule has 0 saturated heterocycles. The summed E-state index contributed by atoms with van der Waals surface area (Å²) in [6.07, 6.45) is 4.68. The molecule has 0 aliphatic heterocycles. The first kappa shape index (κ1) is 24.9. The molecule has 3 saturated carbocycles. The number of ketones is 2. The second kappa shape index (κ2) is 8.16. The summed E-state index contributed by atoms with van der Waals surface area (Å²) < 4.78 is 23.0. The topological polar surface area (TPSA) is 101 Å². The van der Waals surface area contributed by atoms with E-state index >= 15 is 4.39 Å². The molecule has 0 spiro atoms. The van der Waals surface area contributed by atoms with Gasteiger partial charge in [-0.1, -0.05) is 13.3 Å². The molecule has 0 bridgehead atoms. The Kier molecular flexibility index (Phi) is 5.97. The van der Waals surface area contributed by atoms with Gasteiger partial charge >= 0.3 is 5.97 Å². The van der Waals surface area contributed by atoms with Crippen LogP contribution in [0.25, 0.3) is 0 Å². The molecule has 7 heteroatoms. The molecule has 2 N–H and O–H groups in total. The number of allylic oxidation sites excluding steroid dienone is 4. The average molecular weight is 474 g/mol. The monoisotopic (exact) mass is 473 g/mol. The second-order valence-corrected chi connectivity index (χ2v) is 10.6. The van der Waals surface area contributed by atoms with Gasteiger partial charge in [0.2, 0.25) is 5.78 Å². The fourth-order valence-corrected chi connectivity index (χ4v) is 7.38. The van der Waals surface area contributed by atoms with E-state index in [1.165, 1.54) is 18.2 Å². The van der Waals surface area contributed by atoms with Crippen molar-refractivity contribution in [3.05, 3.63) is 44.6 Å². The van der Waals surface area contributed by atoms with Gasteiger partial charge in [-0.2, -0.15) is 0 Å². The highest BCUT2D eigenvalue weighted by Crippen LogP contribution is 2.71. The molecule has 182 valence electrons. The first-order valence-corrected chi connectivity index (χ1v) is 12.1. The zero-order chi connectivity index (χ0) is 25.1. The molecule has 6 nitrogen and oxygen atoms in total. The van der Waals surface area contributed by atoms with Gasteiger partial charge in [0.05, 0.1) is 26.9 Å². The maximum atomic E-state index is 17.2. The van der Waals surface area contributed by atoms with E-state index in [1.807, 2.05) is 6.92 Å². The average Bonchev–Trinajstić information content (AvgIpc) is 3.00. The molecule has 8 unspecified atom stereocenters. The Labute approximate surface area is 200 Å². The summed E-state index contributed by atoms with van der Waals surface area (Å²) in [6.45, 7) is 13.6. The first-order valence-electron chi connectivity index (χ1n) is 12.1. The molecule has 0 amide bonds. The van der Waals surface area contributed by atoms with Crippen molar-refractivity contribution in [2.24, 2.45) is 28.6 Å². The van der Waals surface area contributed by atoms with Crippen LogP contribution in [0.15, 0.2) is 23.8 Å². The third kappa shape index (κ3) is 2.99. The summed E-state index contributed by atoms with van der Waals surface area (Å²) in [4.78, 5) is 37.9. The van der Waals surface area contributed by atoms with E-state index in [0.717, 1.165) is 6.42 Å². The van der Waals surface area contributed by atoms with Crippen molar-refractivity contribution in [3.8, 4) is 0 Å². The minimum Gasteiger partial charge on any atom is -0.441 e. The maximum absolute atomic E-state index is 17.2. The van der Waals surface area contributed by atoms with Crippen LogP contribution in [0.1, 0.15) is 51.9 Å². The van der Waals surface area contributed by atoms with E-state index < -0.39 is 64.3 Å². The minimum absolute atomic E-state index is 0.0957. The van der Waals surface area contributed by atoms with Crippen LogP contribution in [0.2, 0.25) is 0 Å². The van der Waals surface area contributed by atoms with Crippen LogP contribution in [0.4, 0.5) is 4.39 Å². The Morgan fingerprint density at radius 2 is 2.00 bits per heavy atom. The predicted molar refractivity (Wildman–Crippen MR) is 122 cm³/mol. The van der Waals surface area contributed by atoms with Crippen molar-refractivity contribution in [1.82, 2.24) is 0 Å². The van der Waals surface area contributed by atoms with E-state index in [9.17, 15) is 24.6 Å². The fourth-order valence-electron chi connectivity index (χ4n) is 7.38. The van der Waals surface area contributed by atoms with Crippen molar-refractivity contribution in [3.63, 3.8) is 0 Å². The standard InChI is InChI=1S/C27H34FO6/c1-5-6-7-23(33)34-27(22(32)15-29)16(2)12-20-19-9-8-17-13-18(30)10-11-24(17,3)26(19,28)21(31)14-25(20,27)4/h10-11,13,16,19-21,29,31H,2-9,12,14-15H2,1H3/q+3. The van der Waals surface area contributed by atoms with Gasteiger partial charge in [-0.15, -0.1) is 0 Å². The van der Waals surface area contributed by atoms with Crippen LogP contribution in [0.3, 0.4) is 0 Å². The minimum atomic E-state index is -2.20. The number of halogens is 1. The van der Waals surface area contributed by atoms with Crippen molar-refractivity contribution < 1.29 is 33.7 Å². The van der Waals surface area contributed by atoms with Gasteiger partial charge in [0, 0.05) is 31.1 Å². The van der Waals surface area contributed by atoms with Crippen LogP contribution < -0.4 is 0 Å². The van der Waals surface area contributed by atoms with Crippen LogP contribution in [-0.2, 0) is 19.1 Å². The number of aliphatic hydroxyl groups is 2. The third-order valence-electron chi connectivity index (χ3n) is 9.03.